The van der Waals surface area contributed by atoms with E-state index < -0.39 is 0 Å². The van der Waals surface area contributed by atoms with E-state index in [0.29, 0.717) is 12.3 Å². The summed E-state index contributed by atoms with van der Waals surface area (Å²) in [7, 11) is 0. The number of rotatable bonds is 2. The lowest BCUT2D eigenvalue weighted by Crippen LogP contribution is -2.20. The van der Waals surface area contributed by atoms with Gasteiger partial charge in [-0.3, -0.25) is 4.79 Å². The van der Waals surface area contributed by atoms with E-state index in [9.17, 15) is 4.79 Å². The third kappa shape index (κ3) is 4.17. The Balaban J connectivity index is 3.25. The molecule has 2 nitrogen and oxygen atoms in total. The monoisotopic (exact) mass is 129 g/mol. The third-order valence-corrected chi connectivity index (χ3v) is 1.43. The smallest absolute Gasteiger partial charge is 0.364 e. The second-order valence-electron chi connectivity index (χ2n) is 2.27. The molecular formula is C5H12AlNO. The molecule has 0 spiro atoms. The summed E-state index contributed by atoms with van der Waals surface area (Å²) in [5.74, 6) is 0.676. The summed E-state index contributed by atoms with van der Waals surface area (Å²) in [5.41, 5.74) is 0. The van der Waals surface area contributed by atoms with Crippen LogP contribution in [0.2, 0.25) is 0 Å². The van der Waals surface area contributed by atoms with Crippen molar-refractivity contribution in [2.75, 3.05) is 0 Å². The zero-order valence-corrected chi connectivity index (χ0v) is 7.69. The van der Waals surface area contributed by atoms with Crippen LogP contribution in [0, 0.1) is 5.92 Å². The Morgan fingerprint density at radius 2 is 2.25 bits per heavy atom. The van der Waals surface area contributed by atoms with Gasteiger partial charge in [0.05, 0.1) is 0 Å². The Morgan fingerprint density at radius 1 is 1.75 bits per heavy atom. The fourth-order valence-electron chi connectivity index (χ4n) is 0.473. The van der Waals surface area contributed by atoms with Crippen LogP contribution in [0.4, 0.5) is 0 Å². The molecule has 0 atom stereocenters. The van der Waals surface area contributed by atoms with Gasteiger partial charge in [-0.1, -0.05) is 13.8 Å². The van der Waals surface area contributed by atoms with E-state index in [1.165, 1.54) is 0 Å². The minimum absolute atomic E-state index is 0.187. The summed E-state index contributed by atoms with van der Waals surface area (Å²) in [6, 6.07) is 0. The molecule has 0 aromatic carbocycles. The molecule has 1 N–H and O–H groups in total. The van der Waals surface area contributed by atoms with E-state index in [1.807, 2.05) is 13.8 Å². The lowest BCUT2D eigenvalue weighted by Gasteiger charge is -2.01. The molecule has 0 saturated heterocycles. The molecule has 0 aliphatic carbocycles. The highest BCUT2D eigenvalue weighted by Crippen LogP contribution is 1.96. The van der Waals surface area contributed by atoms with Gasteiger partial charge in [-0.05, 0) is 5.92 Å². The van der Waals surface area contributed by atoms with Crippen LogP contribution in [0.25, 0.3) is 0 Å². The Kier molecular flexibility index (Phi) is 3.94. The quantitative estimate of drug-likeness (QED) is 0.509. The van der Waals surface area contributed by atoms with E-state index in [1.54, 1.807) is 0 Å². The van der Waals surface area contributed by atoms with Crippen molar-refractivity contribution in [3.63, 3.8) is 0 Å². The first-order chi connectivity index (χ1) is 3.66. The molecule has 0 fully saturated rings. The molecule has 0 aromatic heterocycles. The van der Waals surface area contributed by atoms with Crippen LogP contribution in [0.1, 0.15) is 20.3 Å². The first-order valence-corrected chi connectivity index (χ1v) is 3.87. The topological polar surface area (TPSA) is 29.1 Å². The number of hydrogen-bond acceptors (Lipinski definition) is 1. The van der Waals surface area contributed by atoms with Crippen molar-refractivity contribution in [3.05, 3.63) is 0 Å². The predicted molar refractivity (Wildman–Crippen MR) is 36.1 cm³/mol. The largest absolute Gasteiger partial charge is 0.453 e. The summed E-state index contributed by atoms with van der Waals surface area (Å²) < 4.78 is 2.70. The first-order valence-electron chi connectivity index (χ1n) is 2.87. The number of carbonyl (C=O) groups excluding carboxylic acids is 1. The molecule has 0 heterocycles. The van der Waals surface area contributed by atoms with E-state index in [4.69, 9.17) is 0 Å². The van der Waals surface area contributed by atoms with Crippen molar-refractivity contribution in [3.8, 4) is 0 Å². The Labute approximate surface area is 58.3 Å². The second kappa shape index (κ2) is 3.94. The van der Waals surface area contributed by atoms with Crippen molar-refractivity contribution in [1.29, 1.82) is 0 Å². The van der Waals surface area contributed by atoms with E-state index in [0.717, 1.165) is 16.5 Å². The van der Waals surface area contributed by atoms with Crippen LogP contribution in [0.3, 0.4) is 0 Å². The summed E-state index contributed by atoms with van der Waals surface area (Å²) in [4.78, 5) is 10.5. The fraction of sp³-hybridized carbons (Fsp3) is 0.800. The van der Waals surface area contributed by atoms with E-state index in [-0.39, 0.29) is 5.91 Å². The highest BCUT2D eigenvalue weighted by Gasteiger charge is 1.98. The number of carbonyl (C=O) groups is 1. The third-order valence-electron chi connectivity index (χ3n) is 0.872. The van der Waals surface area contributed by atoms with Crippen LogP contribution in [-0.4, -0.2) is 22.4 Å². The van der Waals surface area contributed by atoms with Crippen LogP contribution in [-0.2, 0) is 4.79 Å². The van der Waals surface area contributed by atoms with Gasteiger partial charge < -0.3 is 4.30 Å². The standard InChI is InChI=1S/C5H11NO.Al.2H/c1-4(2)3-5(6)7;;;/h4H,3H2,1-2H3,(H2,6,7);;;/q;+1;;/p-1. The molecule has 0 aromatic rings. The molecule has 0 aliphatic heterocycles. The molecule has 0 radical (unpaired) electrons. The first kappa shape index (κ1) is 8.00. The normalized spacial score (nSPS) is 9.38. The SMILES string of the molecule is CC(C)CC(=O)[NH][AlH2]. The molecule has 8 heavy (non-hydrogen) atoms. The predicted octanol–water partition coefficient (Wildman–Crippen LogP) is -0.303. The molecular weight excluding hydrogens is 117 g/mol. The van der Waals surface area contributed by atoms with Crippen LogP contribution >= 0.6 is 0 Å². The molecule has 0 bridgehead atoms. The minimum atomic E-state index is 0.187. The van der Waals surface area contributed by atoms with Gasteiger partial charge >= 0.3 is 16.5 Å². The number of amides is 1. The fourth-order valence-corrected chi connectivity index (χ4v) is 0.677. The highest BCUT2D eigenvalue weighted by molar-refractivity contribution is 6.14. The van der Waals surface area contributed by atoms with Crippen LogP contribution in [0.5, 0.6) is 0 Å². The number of nitrogens with one attached hydrogen (secondary N) is 1. The van der Waals surface area contributed by atoms with Gasteiger partial charge in [0.2, 0.25) is 0 Å². The van der Waals surface area contributed by atoms with Crippen molar-refractivity contribution in [2.24, 2.45) is 5.92 Å². The van der Waals surface area contributed by atoms with Crippen molar-refractivity contribution < 1.29 is 4.79 Å². The van der Waals surface area contributed by atoms with Crippen LogP contribution in [0.15, 0.2) is 0 Å². The van der Waals surface area contributed by atoms with Gasteiger partial charge in [0, 0.05) is 6.42 Å². The Hall–Kier alpha value is 0.00247. The van der Waals surface area contributed by atoms with Crippen molar-refractivity contribution in [2.45, 2.75) is 20.3 Å². The Morgan fingerprint density at radius 3 is 2.38 bits per heavy atom. The van der Waals surface area contributed by atoms with Crippen LogP contribution < -0.4 is 4.30 Å². The molecule has 0 saturated carbocycles. The summed E-state index contributed by atoms with van der Waals surface area (Å²) in [6.45, 7) is 4.08. The van der Waals surface area contributed by atoms with Crippen molar-refractivity contribution >= 4 is 22.4 Å². The average Bonchev–Trinajstić information content (AvgIpc) is 1.65. The maximum Gasteiger partial charge on any atom is 0.364 e. The van der Waals surface area contributed by atoms with Gasteiger partial charge in [-0.15, -0.1) is 0 Å². The maximum atomic E-state index is 10.5. The summed E-state index contributed by atoms with van der Waals surface area (Å²) in [5, 5.41) is 0. The van der Waals surface area contributed by atoms with Gasteiger partial charge in [0.25, 0.3) is 0 Å². The molecule has 0 aliphatic rings. The zero-order valence-electron chi connectivity index (χ0n) is 5.69. The molecule has 1 amide bonds. The van der Waals surface area contributed by atoms with E-state index in [2.05, 4.69) is 4.30 Å². The van der Waals surface area contributed by atoms with Crippen molar-refractivity contribution in [1.82, 2.24) is 4.30 Å². The lowest BCUT2D eigenvalue weighted by molar-refractivity contribution is -0.120. The van der Waals surface area contributed by atoms with Gasteiger partial charge in [0.1, 0.15) is 0 Å². The maximum absolute atomic E-state index is 10.5. The molecule has 0 rings (SSSR count). The lowest BCUT2D eigenvalue weighted by atomic mass is 10.1. The summed E-state index contributed by atoms with van der Waals surface area (Å²) >= 11 is 0.779. The van der Waals surface area contributed by atoms with Gasteiger partial charge in [-0.2, -0.15) is 0 Å². The Bertz CT molecular complexity index is 82.5. The zero-order chi connectivity index (χ0) is 6.57. The average molecular weight is 129 g/mol. The minimum Gasteiger partial charge on any atom is -0.453 e. The molecule has 3 heteroatoms. The molecule has 0 unspecified atom stereocenters. The van der Waals surface area contributed by atoms with Gasteiger partial charge in [0.15, 0.2) is 5.91 Å². The second-order valence-corrected chi connectivity index (χ2v) is 2.77. The van der Waals surface area contributed by atoms with Gasteiger partial charge in [-0.25, -0.2) is 0 Å². The van der Waals surface area contributed by atoms with E-state index >= 15 is 0 Å². The highest BCUT2D eigenvalue weighted by atomic mass is 27.1. The summed E-state index contributed by atoms with van der Waals surface area (Å²) in [6.07, 6.45) is 0.670. The molecule has 46 valence electrons. The number of hydrogen-bond donors (Lipinski definition) is 1.